The normalized spacial score (nSPS) is 14.9. The second-order valence-corrected chi connectivity index (χ2v) is 31.0. The number of nitrogens with zero attached hydrogens (tertiary/aromatic N) is 3. The Labute approximate surface area is 602 Å². The predicted molar refractivity (Wildman–Crippen MR) is 423 cm³/mol. The van der Waals surface area contributed by atoms with Gasteiger partial charge in [0.2, 0.25) is 0 Å². The second-order valence-electron chi connectivity index (χ2n) is 27.7. The van der Waals surface area contributed by atoms with Crippen LogP contribution >= 0.6 is 11.3 Å². The minimum atomic E-state index is -0.510. The maximum atomic E-state index is 10.6. The molecule has 0 aliphatic carbocycles. The van der Waals surface area contributed by atoms with Gasteiger partial charge < -0.3 is 0 Å². The van der Waals surface area contributed by atoms with E-state index in [1.165, 1.54) is 11.1 Å². The van der Waals surface area contributed by atoms with Gasteiger partial charge in [0.15, 0.2) is 0 Å². The van der Waals surface area contributed by atoms with Gasteiger partial charge in [0.25, 0.3) is 0 Å². The van der Waals surface area contributed by atoms with Crippen molar-refractivity contribution in [2.24, 2.45) is 0 Å². The average Bonchev–Trinajstić information content (AvgIpc) is 1.33. The van der Waals surface area contributed by atoms with Gasteiger partial charge in [0.05, 0.1) is 2.74 Å². The molecule has 0 bridgehead atoms. The van der Waals surface area contributed by atoms with Crippen LogP contribution in [0.4, 0.5) is 17.1 Å². The molecule has 3 aromatic heterocycles. The third kappa shape index (κ3) is 9.37. The van der Waals surface area contributed by atoms with Gasteiger partial charge >= 0.3 is 542 Å². The van der Waals surface area contributed by atoms with Gasteiger partial charge in [-0.2, -0.15) is 0 Å². The van der Waals surface area contributed by atoms with Gasteiger partial charge in [-0.05, 0) is 0 Å². The number of fused-ring (bicyclic) bond motifs is 14. The Morgan fingerprint density at radius 3 is 1.44 bits per heavy atom. The van der Waals surface area contributed by atoms with Crippen LogP contribution in [0.2, 0.25) is 0 Å². The summed E-state index contributed by atoms with van der Waals surface area (Å²) < 4.78 is 142. The van der Waals surface area contributed by atoms with Crippen molar-refractivity contribution in [3.05, 3.63) is 314 Å². The monoisotopic (exact) mass is 1350 g/mol. The maximum absolute atomic E-state index is 10.6. The Hall–Kier alpha value is -10.7. The predicted octanol–water partition coefficient (Wildman–Crippen LogP) is 21.4. The third-order valence-corrected chi connectivity index (χ3v) is 23.4. The number of hydrogen-bond donors (Lipinski definition) is 0. The molecule has 2 aliphatic rings. The summed E-state index contributed by atoms with van der Waals surface area (Å²) in [6.45, 7) is 13.1. The van der Waals surface area contributed by atoms with Gasteiger partial charge in [-0.3, -0.25) is 0 Å². The molecule has 0 amide bonds. The van der Waals surface area contributed by atoms with E-state index in [1.54, 1.807) is 15.9 Å². The first-order chi connectivity index (χ1) is 53.7. The molecule has 0 N–H and O–H groups in total. The SMILES string of the molecule is [2H]c1c([2H])c([2H])c2c(c1[2H])c1c([2H])c([2H])c([2H])c([2H])c1n2-c1ccc2sc3ccc4c(c3c2c1)[Se]c1cc(-c2cc(C(C)(C)C)cc(C(C)(C)C)c2)cc2c1B4c1ccc(-n3c4c([2H])c(-c5ccccc5)c([2H])c([2H])c4c4c([2H])c([2H])c(-c5ccccc5)c([2H])c43)cc1N2c1c(-c2ccccc2)cccc1-c1ccccc1. The molecule has 466 valence electrons. The number of rotatable bonds is 8. The molecule has 0 spiro atoms. The van der Waals surface area contributed by atoms with E-state index >= 15 is 0 Å². The first kappa shape index (κ1) is 45.7. The van der Waals surface area contributed by atoms with Crippen molar-refractivity contribution in [3.63, 3.8) is 0 Å². The first-order valence-corrected chi connectivity index (χ1v) is 35.6. The van der Waals surface area contributed by atoms with E-state index in [2.05, 4.69) is 168 Å². The van der Waals surface area contributed by atoms with Crippen molar-refractivity contribution in [2.75, 3.05) is 4.90 Å². The first-order valence-electron chi connectivity index (χ1n) is 40.1. The molecular weight excluding hydrogens is 1270 g/mol. The molecule has 0 saturated heterocycles. The molecule has 14 aromatic carbocycles. The number of aromatic nitrogens is 2. The molecule has 3 nitrogen and oxygen atoms in total. The van der Waals surface area contributed by atoms with Crippen LogP contribution in [0.3, 0.4) is 0 Å². The summed E-state index contributed by atoms with van der Waals surface area (Å²) in [5, 5.41) is 2.12. The molecule has 0 fully saturated rings. The molecule has 0 atom stereocenters. The summed E-state index contributed by atoms with van der Waals surface area (Å²) in [5.74, 6) is 0. The molecule has 6 heteroatoms. The molecule has 0 unspecified atom stereocenters. The molecule has 5 heterocycles. The Morgan fingerprint density at radius 1 is 0.378 bits per heavy atom. The topological polar surface area (TPSA) is 13.1 Å². The zero-order valence-electron chi connectivity index (χ0n) is 68.5. The van der Waals surface area contributed by atoms with Crippen LogP contribution in [-0.2, 0) is 10.8 Å². The van der Waals surface area contributed by atoms with Crippen molar-refractivity contribution >= 4 is 139 Å². The van der Waals surface area contributed by atoms with E-state index < -0.39 is 57.9 Å². The van der Waals surface area contributed by atoms with E-state index in [-0.39, 0.29) is 114 Å². The van der Waals surface area contributed by atoms with E-state index in [9.17, 15) is 13.7 Å². The minimum absolute atomic E-state index is 0.00358. The summed E-state index contributed by atoms with van der Waals surface area (Å²) in [6.07, 6.45) is 0. The van der Waals surface area contributed by atoms with Crippen LogP contribution in [0.25, 0.3) is 131 Å². The van der Waals surface area contributed by atoms with Crippen molar-refractivity contribution in [1.29, 1.82) is 0 Å². The Bertz CT molecular complexity index is 6710. The van der Waals surface area contributed by atoms with Gasteiger partial charge in [0, 0.05) is 0 Å². The average molecular weight is 1350 g/mol. The standard InChI is InChI=1S/C92H68BN3SSe/c1-91(2,3)65-48-63(49-66(54-65)92(4,5)6)64-52-83-88-86(53-64)98-90-77(45-47-85-87(90)75-55-67(41-46-84(75)97-85)94-78-36-21-19-32-71(78)72-33-20-22-37-79(72)94)93(88)76-44-40-68(56-82(76)96(83)89-69(59-28-15-9-16-29-59)34-23-35-70(89)60-30-17-10-18-31-60)95-80-50-61(57-24-11-7-12-25-57)38-42-73(80)74-43-39-62(51-81(74)95)58-26-13-8-14-27-58/h7-56H,1-6H3/i19D,20D,21D,22D,32D,33D,36D,37D,38D,39D,42D,43D,50D,51D. The quantitative estimate of drug-likeness (QED) is 0.138. The van der Waals surface area contributed by atoms with Gasteiger partial charge in [-0.15, -0.1) is 0 Å². The number of para-hydroxylation sites is 3. The zero-order valence-corrected chi connectivity index (χ0v) is 57.0. The van der Waals surface area contributed by atoms with Crippen molar-refractivity contribution < 1.29 is 19.2 Å². The van der Waals surface area contributed by atoms with Gasteiger partial charge in [-0.1, -0.05) is 60.7 Å². The molecule has 0 saturated carbocycles. The fraction of sp³-hybridized carbons (Fsp3) is 0.0870. The number of hydrogen-bond acceptors (Lipinski definition) is 2. The molecule has 19 rings (SSSR count). The van der Waals surface area contributed by atoms with Crippen LogP contribution in [-0.4, -0.2) is 30.8 Å². The summed E-state index contributed by atoms with van der Waals surface area (Å²) in [5.41, 5.74) is 16.4. The van der Waals surface area contributed by atoms with E-state index in [0.717, 1.165) is 95.9 Å². The Morgan fingerprint density at radius 2 is 0.867 bits per heavy atom. The number of thiophene rings is 1. The van der Waals surface area contributed by atoms with E-state index in [4.69, 9.17) is 5.48 Å². The van der Waals surface area contributed by atoms with Crippen LogP contribution < -0.4 is 30.2 Å². The molecule has 2 aliphatic heterocycles. The van der Waals surface area contributed by atoms with Crippen molar-refractivity contribution in [2.45, 2.75) is 52.4 Å². The number of anilines is 3. The molecular formula is C92H68BN3SSe. The van der Waals surface area contributed by atoms with Gasteiger partial charge in [-0.25, -0.2) is 0 Å². The Kier molecular flexibility index (Phi) is 10.5. The Balaban J connectivity index is 0.972. The van der Waals surface area contributed by atoms with E-state index in [1.807, 2.05) is 102 Å². The van der Waals surface area contributed by atoms with E-state index in [0.29, 0.717) is 22.5 Å². The van der Waals surface area contributed by atoms with Gasteiger partial charge in [0.1, 0.15) is 0 Å². The third-order valence-electron chi connectivity index (χ3n) is 19.7. The molecule has 17 aromatic rings. The summed E-state index contributed by atoms with van der Waals surface area (Å²) in [6, 6.07) is 69.7. The summed E-state index contributed by atoms with van der Waals surface area (Å²) in [7, 11) is 0. The summed E-state index contributed by atoms with van der Waals surface area (Å²) >= 11 is 1.16. The summed E-state index contributed by atoms with van der Waals surface area (Å²) in [4.78, 5) is 2.44. The molecule has 98 heavy (non-hydrogen) atoms. The fourth-order valence-corrected chi connectivity index (χ4v) is 19.0. The van der Waals surface area contributed by atoms with Crippen LogP contribution in [0.15, 0.2) is 303 Å². The second kappa shape index (κ2) is 22.4. The number of benzene rings is 14. The van der Waals surface area contributed by atoms with Crippen LogP contribution in [0.1, 0.15) is 71.9 Å². The van der Waals surface area contributed by atoms with Crippen molar-refractivity contribution in [3.8, 4) is 67.0 Å². The van der Waals surface area contributed by atoms with Crippen LogP contribution in [0, 0.1) is 0 Å². The fourth-order valence-electron chi connectivity index (χ4n) is 14.9. The van der Waals surface area contributed by atoms with Crippen LogP contribution in [0.5, 0.6) is 0 Å². The van der Waals surface area contributed by atoms with Crippen molar-refractivity contribution in [1.82, 2.24) is 9.13 Å². The molecule has 0 radical (unpaired) electrons. The zero-order chi connectivity index (χ0) is 77.9.